The van der Waals surface area contributed by atoms with Gasteiger partial charge in [-0.3, -0.25) is 19.3 Å². The van der Waals surface area contributed by atoms with Crippen molar-refractivity contribution < 1.29 is 14.4 Å². The van der Waals surface area contributed by atoms with Crippen LogP contribution >= 0.6 is 0 Å². The number of aromatic nitrogens is 1. The summed E-state index contributed by atoms with van der Waals surface area (Å²) >= 11 is 0. The highest BCUT2D eigenvalue weighted by molar-refractivity contribution is 6.21. The van der Waals surface area contributed by atoms with Crippen LogP contribution in [0, 0.1) is 0 Å². The van der Waals surface area contributed by atoms with Gasteiger partial charge in [-0.05, 0) is 43.9 Å². The fourth-order valence-corrected chi connectivity index (χ4v) is 4.08. The van der Waals surface area contributed by atoms with E-state index in [-0.39, 0.29) is 30.7 Å². The third-order valence-corrected chi connectivity index (χ3v) is 5.66. The van der Waals surface area contributed by atoms with Gasteiger partial charge >= 0.3 is 0 Å². The van der Waals surface area contributed by atoms with Crippen LogP contribution in [-0.2, 0) is 11.3 Å². The van der Waals surface area contributed by atoms with Gasteiger partial charge in [0, 0.05) is 44.4 Å². The number of carbonyl (C=O) groups is 3. The van der Waals surface area contributed by atoms with E-state index in [9.17, 15) is 14.4 Å². The van der Waals surface area contributed by atoms with E-state index in [0.29, 0.717) is 24.1 Å². The molecule has 156 valence electrons. The Morgan fingerprint density at radius 3 is 2.37 bits per heavy atom. The number of hydrogen-bond donors (Lipinski definition) is 1. The minimum atomic E-state index is -0.280. The number of anilines is 1. The molecule has 2 aliphatic rings. The molecule has 2 aromatic rings. The van der Waals surface area contributed by atoms with Crippen LogP contribution in [0.25, 0.3) is 0 Å². The predicted octanol–water partition coefficient (Wildman–Crippen LogP) is 2.76. The Hall–Kier alpha value is -3.22. The number of carbonyl (C=O) groups excluding carboxylic acids is 3. The average molecular weight is 406 g/mol. The van der Waals surface area contributed by atoms with Gasteiger partial charge in [0.05, 0.1) is 11.1 Å². The van der Waals surface area contributed by atoms with E-state index in [1.165, 1.54) is 24.2 Å². The number of benzene rings is 1. The third kappa shape index (κ3) is 4.20. The number of nitrogens with one attached hydrogen (secondary N) is 1. The molecule has 0 aliphatic carbocycles. The van der Waals surface area contributed by atoms with Gasteiger partial charge in [0.25, 0.3) is 11.8 Å². The minimum absolute atomic E-state index is 0.0972. The number of fused-ring (bicyclic) bond motifs is 1. The maximum absolute atomic E-state index is 12.4. The predicted molar refractivity (Wildman–Crippen MR) is 113 cm³/mol. The molecule has 30 heavy (non-hydrogen) atoms. The molecular formula is C23H26N4O3. The first-order valence-corrected chi connectivity index (χ1v) is 10.6. The molecule has 1 fully saturated rings. The lowest BCUT2D eigenvalue weighted by Gasteiger charge is -2.29. The second-order valence-electron chi connectivity index (χ2n) is 7.72. The highest BCUT2D eigenvalue weighted by Crippen LogP contribution is 2.23. The molecule has 1 aromatic carbocycles. The van der Waals surface area contributed by atoms with Crippen LogP contribution in [0.3, 0.4) is 0 Å². The molecule has 4 rings (SSSR count). The molecule has 1 N–H and O–H groups in total. The van der Waals surface area contributed by atoms with E-state index in [1.807, 2.05) is 12.1 Å². The van der Waals surface area contributed by atoms with Crippen LogP contribution in [0.2, 0.25) is 0 Å². The van der Waals surface area contributed by atoms with Crippen LogP contribution < -0.4 is 10.2 Å². The van der Waals surface area contributed by atoms with E-state index >= 15 is 0 Å². The fourth-order valence-electron chi connectivity index (χ4n) is 4.08. The van der Waals surface area contributed by atoms with Crippen LogP contribution in [0.15, 0.2) is 42.6 Å². The smallest absolute Gasteiger partial charge is 0.261 e. The summed E-state index contributed by atoms with van der Waals surface area (Å²) in [6.07, 6.45) is 6.07. The molecule has 0 unspecified atom stereocenters. The molecule has 7 heteroatoms. The van der Waals surface area contributed by atoms with Gasteiger partial charge in [-0.25, -0.2) is 4.98 Å². The summed E-state index contributed by atoms with van der Waals surface area (Å²) in [7, 11) is 0. The van der Waals surface area contributed by atoms with Crippen molar-refractivity contribution in [2.45, 2.75) is 38.6 Å². The summed E-state index contributed by atoms with van der Waals surface area (Å²) in [4.78, 5) is 45.1. The molecule has 1 aromatic heterocycles. The quantitative estimate of drug-likeness (QED) is 0.715. The first-order valence-electron chi connectivity index (χ1n) is 10.6. The second-order valence-corrected chi connectivity index (χ2v) is 7.72. The van der Waals surface area contributed by atoms with Crippen molar-refractivity contribution in [2.75, 3.05) is 24.5 Å². The normalized spacial score (nSPS) is 16.0. The van der Waals surface area contributed by atoms with E-state index in [1.54, 1.807) is 30.5 Å². The number of piperidine rings is 1. The van der Waals surface area contributed by atoms with E-state index in [4.69, 9.17) is 0 Å². The summed E-state index contributed by atoms with van der Waals surface area (Å²) in [6, 6.07) is 10.7. The zero-order chi connectivity index (χ0) is 20.9. The molecule has 3 amide bonds. The minimum Gasteiger partial charge on any atom is -0.356 e. The number of nitrogens with zero attached hydrogens (tertiary/aromatic N) is 3. The van der Waals surface area contributed by atoms with Crippen LogP contribution in [0.5, 0.6) is 0 Å². The third-order valence-electron chi connectivity index (χ3n) is 5.66. The van der Waals surface area contributed by atoms with Crippen molar-refractivity contribution in [3.63, 3.8) is 0 Å². The van der Waals surface area contributed by atoms with Crippen molar-refractivity contribution in [1.29, 1.82) is 0 Å². The highest BCUT2D eigenvalue weighted by atomic mass is 16.2. The van der Waals surface area contributed by atoms with Gasteiger partial charge in [0.15, 0.2) is 0 Å². The van der Waals surface area contributed by atoms with E-state index in [2.05, 4.69) is 15.2 Å². The number of rotatable bonds is 7. The van der Waals surface area contributed by atoms with Crippen molar-refractivity contribution in [2.24, 2.45) is 0 Å². The highest BCUT2D eigenvalue weighted by Gasteiger charge is 2.34. The lowest BCUT2D eigenvalue weighted by atomic mass is 10.1. The topological polar surface area (TPSA) is 82.6 Å². The molecule has 7 nitrogen and oxygen atoms in total. The molecule has 3 heterocycles. The SMILES string of the molecule is O=C(CCCN1C(=O)c2ccccc2C1=O)NCc1cccnc1N1CCCCC1. The maximum atomic E-state index is 12.4. The molecular weight excluding hydrogens is 380 g/mol. The number of amides is 3. The monoisotopic (exact) mass is 406 g/mol. The number of pyridine rings is 1. The standard InChI is InChI=1S/C23H26N4O3/c28-20(11-7-15-27-22(29)18-9-2-3-10-19(18)23(27)30)25-16-17-8-6-12-24-21(17)26-13-4-1-5-14-26/h2-3,6,8-10,12H,1,4-5,7,11,13-16H2,(H,25,28). The Bertz CT molecular complexity index is 918. The zero-order valence-corrected chi connectivity index (χ0v) is 17.0. The van der Waals surface area contributed by atoms with Crippen LogP contribution in [-0.4, -0.2) is 47.2 Å². The first kappa shape index (κ1) is 20.1. The van der Waals surface area contributed by atoms with E-state index < -0.39 is 0 Å². The molecule has 0 spiro atoms. The maximum Gasteiger partial charge on any atom is 0.261 e. The molecule has 0 radical (unpaired) electrons. The van der Waals surface area contributed by atoms with Gasteiger partial charge in [0.1, 0.15) is 5.82 Å². The lowest BCUT2D eigenvalue weighted by molar-refractivity contribution is -0.121. The lowest BCUT2D eigenvalue weighted by Crippen LogP contribution is -2.33. The van der Waals surface area contributed by atoms with Crippen molar-refractivity contribution >= 4 is 23.5 Å². The van der Waals surface area contributed by atoms with Crippen molar-refractivity contribution in [3.05, 3.63) is 59.3 Å². The van der Waals surface area contributed by atoms with Crippen LogP contribution in [0.4, 0.5) is 5.82 Å². The number of imide groups is 1. The Morgan fingerprint density at radius 2 is 1.67 bits per heavy atom. The summed E-state index contributed by atoms with van der Waals surface area (Å²) in [6.45, 7) is 2.66. The largest absolute Gasteiger partial charge is 0.356 e. The molecule has 2 aliphatic heterocycles. The van der Waals surface area contributed by atoms with Crippen molar-refractivity contribution in [1.82, 2.24) is 15.2 Å². The van der Waals surface area contributed by atoms with Gasteiger partial charge in [-0.15, -0.1) is 0 Å². The van der Waals surface area contributed by atoms with Gasteiger partial charge in [-0.1, -0.05) is 18.2 Å². The molecule has 1 saturated heterocycles. The van der Waals surface area contributed by atoms with Gasteiger partial charge in [0.2, 0.25) is 5.91 Å². The van der Waals surface area contributed by atoms with Crippen LogP contribution in [0.1, 0.15) is 58.4 Å². The first-order chi connectivity index (χ1) is 14.6. The Balaban J connectivity index is 1.27. The average Bonchev–Trinajstić information content (AvgIpc) is 3.03. The van der Waals surface area contributed by atoms with Gasteiger partial charge in [-0.2, -0.15) is 0 Å². The Labute approximate surface area is 176 Å². The summed E-state index contributed by atoms with van der Waals surface area (Å²) in [5.74, 6) is 0.290. The van der Waals surface area contributed by atoms with Gasteiger partial charge < -0.3 is 10.2 Å². The molecule has 0 atom stereocenters. The summed E-state index contributed by atoms with van der Waals surface area (Å²) < 4.78 is 0. The zero-order valence-electron chi connectivity index (χ0n) is 17.0. The Kier molecular flexibility index (Phi) is 6.07. The van der Waals surface area contributed by atoms with Crippen molar-refractivity contribution in [3.8, 4) is 0 Å². The summed E-state index contributed by atoms with van der Waals surface area (Å²) in [5.41, 5.74) is 1.88. The molecule has 0 bridgehead atoms. The summed E-state index contributed by atoms with van der Waals surface area (Å²) in [5, 5.41) is 2.95. The number of hydrogen-bond acceptors (Lipinski definition) is 5. The van der Waals surface area contributed by atoms with E-state index in [0.717, 1.165) is 24.5 Å². The Morgan fingerprint density at radius 1 is 0.967 bits per heavy atom. The molecule has 0 saturated carbocycles. The second kappa shape index (κ2) is 9.07. The fraction of sp³-hybridized carbons (Fsp3) is 0.391.